The van der Waals surface area contributed by atoms with Gasteiger partial charge in [-0.2, -0.15) is 0 Å². The molecular formula is C18H24ClNO5. The van der Waals surface area contributed by atoms with Gasteiger partial charge >= 0.3 is 12.1 Å². The van der Waals surface area contributed by atoms with E-state index in [1.54, 1.807) is 52.0 Å². The van der Waals surface area contributed by atoms with Crippen LogP contribution in [0.5, 0.6) is 0 Å². The average molecular weight is 370 g/mol. The minimum atomic E-state index is -0.960. The summed E-state index contributed by atoms with van der Waals surface area (Å²) in [6.45, 7) is 6.99. The van der Waals surface area contributed by atoms with Gasteiger partial charge < -0.3 is 14.8 Å². The lowest BCUT2D eigenvalue weighted by Gasteiger charge is -2.22. The number of carbonyl (C=O) groups is 3. The predicted octanol–water partition coefficient (Wildman–Crippen LogP) is 3.76. The van der Waals surface area contributed by atoms with Crippen LogP contribution >= 0.6 is 11.6 Å². The molecule has 0 saturated heterocycles. The van der Waals surface area contributed by atoms with Crippen LogP contribution in [0.2, 0.25) is 5.02 Å². The van der Waals surface area contributed by atoms with Crippen molar-refractivity contribution < 1.29 is 23.9 Å². The SMILES string of the molecule is CCOC(=O)[C@@H](CCC(=O)c1cccc(Cl)c1)NC(=O)OC(C)(C)C. The molecule has 0 unspecified atom stereocenters. The Hall–Kier alpha value is -2.08. The topological polar surface area (TPSA) is 81.7 Å². The van der Waals surface area contributed by atoms with Crippen LogP contribution in [0.15, 0.2) is 24.3 Å². The summed E-state index contributed by atoms with van der Waals surface area (Å²) in [5, 5.41) is 2.92. The Morgan fingerprint density at radius 2 is 1.92 bits per heavy atom. The molecule has 0 aliphatic carbocycles. The van der Waals surface area contributed by atoms with Gasteiger partial charge in [0.05, 0.1) is 6.61 Å². The third kappa shape index (κ3) is 8.03. The van der Waals surface area contributed by atoms with Crippen molar-refractivity contribution >= 4 is 29.4 Å². The van der Waals surface area contributed by atoms with Crippen molar-refractivity contribution in [3.63, 3.8) is 0 Å². The molecule has 1 amide bonds. The summed E-state index contributed by atoms with van der Waals surface area (Å²) in [6, 6.07) is 5.60. The quantitative estimate of drug-likeness (QED) is 0.584. The molecule has 138 valence electrons. The van der Waals surface area contributed by atoms with Crippen molar-refractivity contribution in [1.82, 2.24) is 5.32 Å². The van der Waals surface area contributed by atoms with E-state index in [1.807, 2.05) is 0 Å². The standard InChI is InChI=1S/C18H24ClNO5/c1-5-24-16(22)14(20-17(23)25-18(2,3)4)9-10-15(21)12-7-6-8-13(19)11-12/h6-8,11,14H,5,9-10H2,1-4H3,(H,20,23)/t14-/m1/s1. The van der Waals surface area contributed by atoms with E-state index in [-0.39, 0.29) is 25.2 Å². The van der Waals surface area contributed by atoms with Crippen molar-refractivity contribution in [2.75, 3.05) is 6.61 Å². The molecule has 1 rings (SSSR count). The number of hydrogen-bond acceptors (Lipinski definition) is 5. The molecule has 0 radical (unpaired) electrons. The fraction of sp³-hybridized carbons (Fsp3) is 0.500. The van der Waals surface area contributed by atoms with E-state index in [9.17, 15) is 14.4 Å². The Morgan fingerprint density at radius 1 is 1.24 bits per heavy atom. The second-order valence-electron chi connectivity index (χ2n) is 6.42. The monoisotopic (exact) mass is 369 g/mol. The summed E-state index contributed by atoms with van der Waals surface area (Å²) in [7, 11) is 0. The summed E-state index contributed by atoms with van der Waals surface area (Å²) in [4.78, 5) is 36.2. The van der Waals surface area contributed by atoms with Gasteiger partial charge in [0.2, 0.25) is 0 Å². The molecule has 7 heteroatoms. The first-order valence-corrected chi connectivity index (χ1v) is 8.45. The van der Waals surface area contributed by atoms with Gasteiger partial charge in [-0.25, -0.2) is 9.59 Å². The van der Waals surface area contributed by atoms with Crippen LogP contribution in [0.25, 0.3) is 0 Å². The molecule has 0 aliphatic rings. The van der Waals surface area contributed by atoms with Crippen LogP contribution in [-0.4, -0.2) is 36.1 Å². The Kier molecular flexibility index (Phi) is 7.90. The van der Waals surface area contributed by atoms with Crippen LogP contribution in [0.4, 0.5) is 4.79 Å². The summed E-state index contributed by atoms with van der Waals surface area (Å²) < 4.78 is 10.1. The highest BCUT2D eigenvalue weighted by Gasteiger charge is 2.26. The van der Waals surface area contributed by atoms with E-state index in [0.717, 1.165) is 0 Å². The molecule has 0 aliphatic heterocycles. The molecule has 6 nitrogen and oxygen atoms in total. The second-order valence-corrected chi connectivity index (χ2v) is 6.86. The summed E-state index contributed by atoms with van der Waals surface area (Å²) in [6.07, 6.45) is -0.580. The van der Waals surface area contributed by atoms with E-state index in [1.165, 1.54) is 0 Å². The summed E-state index contributed by atoms with van der Waals surface area (Å²) in [5.41, 5.74) is -0.243. The van der Waals surface area contributed by atoms with Gasteiger partial charge in [-0.1, -0.05) is 23.7 Å². The number of rotatable bonds is 7. The van der Waals surface area contributed by atoms with E-state index in [0.29, 0.717) is 10.6 Å². The number of hydrogen-bond donors (Lipinski definition) is 1. The fourth-order valence-corrected chi connectivity index (χ4v) is 2.21. The molecule has 1 aromatic rings. The first-order chi connectivity index (χ1) is 11.6. The van der Waals surface area contributed by atoms with E-state index >= 15 is 0 Å². The van der Waals surface area contributed by atoms with E-state index < -0.39 is 23.7 Å². The fourth-order valence-electron chi connectivity index (χ4n) is 2.02. The van der Waals surface area contributed by atoms with Crippen molar-refractivity contribution in [2.45, 2.75) is 52.2 Å². The number of Topliss-reactive ketones (excluding diaryl/α,β-unsaturated/α-hetero) is 1. The maximum Gasteiger partial charge on any atom is 0.408 e. The highest BCUT2D eigenvalue weighted by molar-refractivity contribution is 6.31. The van der Waals surface area contributed by atoms with E-state index in [2.05, 4.69) is 5.32 Å². The van der Waals surface area contributed by atoms with E-state index in [4.69, 9.17) is 21.1 Å². The van der Waals surface area contributed by atoms with Crippen LogP contribution in [-0.2, 0) is 14.3 Å². The number of alkyl carbamates (subject to hydrolysis) is 1. The normalized spacial score (nSPS) is 12.2. The smallest absolute Gasteiger partial charge is 0.408 e. The van der Waals surface area contributed by atoms with Crippen molar-refractivity contribution in [2.24, 2.45) is 0 Å². The molecule has 0 spiro atoms. The number of esters is 1. The van der Waals surface area contributed by atoms with Gasteiger partial charge in [-0.05, 0) is 46.2 Å². The molecule has 1 atom stereocenters. The second kappa shape index (κ2) is 9.42. The third-order valence-corrected chi connectivity index (χ3v) is 3.30. The third-order valence-electron chi connectivity index (χ3n) is 3.07. The number of nitrogens with one attached hydrogen (secondary N) is 1. The van der Waals surface area contributed by atoms with Gasteiger partial charge in [0.1, 0.15) is 11.6 Å². The number of ether oxygens (including phenoxy) is 2. The zero-order chi connectivity index (χ0) is 19.0. The lowest BCUT2D eigenvalue weighted by molar-refractivity contribution is -0.145. The maximum atomic E-state index is 12.2. The van der Waals surface area contributed by atoms with Gasteiger partial charge in [-0.15, -0.1) is 0 Å². The van der Waals surface area contributed by atoms with Crippen LogP contribution in [0, 0.1) is 0 Å². The highest BCUT2D eigenvalue weighted by Crippen LogP contribution is 2.14. The van der Waals surface area contributed by atoms with Gasteiger partial charge in [0, 0.05) is 17.0 Å². The van der Waals surface area contributed by atoms with Crippen LogP contribution in [0.1, 0.15) is 50.9 Å². The minimum Gasteiger partial charge on any atom is -0.464 e. The highest BCUT2D eigenvalue weighted by atomic mass is 35.5. The Bertz CT molecular complexity index is 624. The molecule has 0 heterocycles. The summed E-state index contributed by atoms with van der Waals surface area (Å²) >= 11 is 5.87. The molecule has 0 bridgehead atoms. The molecule has 1 aromatic carbocycles. The molecular weight excluding hydrogens is 346 g/mol. The number of halogens is 1. The summed E-state index contributed by atoms with van der Waals surface area (Å²) in [5.74, 6) is -0.782. The largest absolute Gasteiger partial charge is 0.464 e. The lowest BCUT2D eigenvalue weighted by Crippen LogP contribution is -2.44. The van der Waals surface area contributed by atoms with Crippen molar-refractivity contribution in [3.05, 3.63) is 34.9 Å². The zero-order valence-corrected chi connectivity index (χ0v) is 15.7. The predicted molar refractivity (Wildman–Crippen MR) is 94.8 cm³/mol. The van der Waals surface area contributed by atoms with Crippen LogP contribution < -0.4 is 5.32 Å². The van der Waals surface area contributed by atoms with Crippen molar-refractivity contribution in [3.8, 4) is 0 Å². The minimum absolute atomic E-state index is 0.0552. The molecule has 0 aromatic heterocycles. The molecule has 0 fully saturated rings. The number of ketones is 1. The zero-order valence-electron chi connectivity index (χ0n) is 14.9. The number of benzene rings is 1. The molecule has 0 saturated carbocycles. The first-order valence-electron chi connectivity index (χ1n) is 8.07. The number of carbonyl (C=O) groups excluding carboxylic acids is 3. The Balaban J connectivity index is 2.72. The molecule has 25 heavy (non-hydrogen) atoms. The van der Waals surface area contributed by atoms with Gasteiger partial charge in [0.25, 0.3) is 0 Å². The van der Waals surface area contributed by atoms with Gasteiger partial charge in [-0.3, -0.25) is 4.79 Å². The van der Waals surface area contributed by atoms with Crippen molar-refractivity contribution in [1.29, 1.82) is 0 Å². The lowest BCUT2D eigenvalue weighted by atomic mass is 10.0. The van der Waals surface area contributed by atoms with Gasteiger partial charge in [0.15, 0.2) is 5.78 Å². The number of amides is 1. The Morgan fingerprint density at radius 3 is 2.48 bits per heavy atom. The molecule has 1 N–H and O–H groups in total. The maximum absolute atomic E-state index is 12.2. The Labute approximate surface area is 152 Å². The van der Waals surface area contributed by atoms with Crippen LogP contribution in [0.3, 0.4) is 0 Å². The first kappa shape index (κ1) is 21.0. The average Bonchev–Trinajstić information content (AvgIpc) is 2.49.